The van der Waals surface area contributed by atoms with Crippen molar-refractivity contribution in [1.29, 1.82) is 5.26 Å². The Morgan fingerprint density at radius 2 is 1.70 bits per heavy atom. The van der Waals surface area contributed by atoms with Crippen LogP contribution in [0.3, 0.4) is 0 Å². The highest BCUT2D eigenvalue weighted by atomic mass is 19.4. The van der Waals surface area contributed by atoms with E-state index in [1.54, 1.807) is 9.80 Å². The van der Waals surface area contributed by atoms with E-state index in [9.17, 15) is 22.8 Å². The largest absolute Gasteiger partial charge is 0.418 e. The molecule has 1 aromatic rings. The standard InChI is InChI=1S/C26H31F3N6O2/c27-26(28,29)22-15-20(3-6-23(22)31)32-19-7-9-34(10-8-19)24(36)16-25(37)35-13-11-33(12-14-35)21-4-1-18(17-30)2-5-21/h1,3-6,15,18-19,32H,2,7-14,16,31H2. The molecule has 8 nitrogen and oxygen atoms in total. The molecule has 198 valence electrons. The first-order valence-electron chi connectivity index (χ1n) is 12.5. The summed E-state index contributed by atoms with van der Waals surface area (Å²) >= 11 is 0. The van der Waals surface area contributed by atoms with Gasteiger partial charge in [0.1, 0.15) is 6.42 Å². The minimum atomic E-state index is -4.53. The van der Waals surface area contributed by atoms with Crippen LogP contribution in [0.1, 0.15) is 31.2 Å². The van der Waals surface area contributed by atoms with Crippen molar-refractivity contribution in [2.75, 3.05) is 50.3 Å². The first kappa shape index (κ1) is 26.4. The molecule has 1 aliphatic carbocycles. The zero-order valence-corrected chi connectivity index (χ0v) is 20.5. The predicted molar refractivity (Wildman–Crippen MR) is 133 cm³/mol. The Hall–Kier alpha value is -3.68. The van der Waals surface area contributed by atoms with E-state index in [1.165, 1.54) is 12.1 Å². The smallest absolute Gasteiger partial charge is 0.398 e. The second-order valence-electron chi connectivity index (χ2n) is 9.60. The van der Waals surface area contributed by atoms with Crippen LogP contribution in [0.25, 0.3) is 0 Å². The van der Waals surface area contributed by atoms with E-state index in [4.69, 9.17) is 11.0 Å². The maximum Gasteiger partial charge on any atom is 0.418 e. The van der Waals surface area contributed by atoms with E-state index in [-0.39, 0.29) is 35.9 Å². The van der Waals surface area contributed by atoms with Crippen LogP contribution >= 0.6 is 0 Å². The average molecular weight is 517 g/mol. The Morgan fingerprint density at radius 3 is 2.27 bits per heavy atom. The number of amides is 2. The van der Waals surface area contributed by atoms with Crippen LogP contribution in [0.4, 0.5) is 24.5 Å². The monoisotopic (exact) mass is 516 g/mol. The van der Waals surface area contributed by atoms with Crippen molar-refractivity contribution >= 4 is 23.2 Å². The number of nitrogens with two attached hydrogens (primary N) is 1. The van der Waals surface area contributed by atoms with Gasteiger partial charge in [-0.15, -0.1) is 0 Å². The summed E-state index contributed by atoms with van der Waals surface area (Å²) in [4.78, 5) is 31.0. The van der Waals surface area contributed by atoms with Gasteiger partial charge >= 0.3 is 6.18 Å². The number of nitrogen functional groups attached to an aromatic ring is 1. The van der Waals surface area contributed by atoms with Crippen LogP contribution in [0, 0.1) is 17.2 Å². The molecule has 3 N–H and O–H groups in total. The number of halogens is 3. The van der Waals surface area contributed by atoms with Gasteiger partial charge < -0.3 is 25.8 Å². The number of alkyl halides is 3. The van der Waals surface area contributed by atoms with Gasteiger partial charge in [-0.1, -0.05) is 12.2 Å². The summed E-state index contributed by atoms with van der Waals surface area (Å²) < 4.78 is 39.3. The Kier molecular flexibility index (Phi) is 7.95. The minimum Gasteiger partial charge on any atom is -0.398 e. The summed E-state index contributed by atoms with van der Waals surface area (Å²) in [6, 6.07) is 5.92. The third kappa shape index (κ3) is 6.56. The van der Waals surface area contributed by atoms with Crippen LogP contribution in [0.2, 0.25) is 0 Å². The highest BCUT2D eigenvalue weighted by Gasteiger charge is 2.33. The minimum absolute atomic E-state index is 0.0795. The van der Waals surface area contributed by atoms with Gasteiger partial charge in [0.25, 0.3) is 0 Å². The molecule has 3 aliphatic rings. The second-order valence-corrected chi connectivity index (χ2v) is 9.60. The van der Waals surface area contributed by atoms with Crippen molar-refractivity contribution in [2.45, 2.75) is 37.9 Å². The molecular formula is C26H31F3N6O2. The van der Waals surface area contributed by atoms with Gasteiger partial charge in [-0.05, 0) is 43.5 Å². The van der Waals surface area contributed by atoms with E-state index in [0.717, 1.165) is 11.8 Å². The highest BCUT2D eigenvalue weighted by molar-refractivity contribution is 5.97. The van der Waals surface area contributed by atoms with Gasteiger partial charge in [-0.25, -0.2) is 0 Å². The predicted octanol–water partition coefficient (Wildman–Crippen LogP) is 3.21. The fourth-order valence-corrected chi connectivity index (χ4v) is 4.91. The maximum atomic E-state index is 13.1. The van der Waals surface area contributed by atoms with Crippen molar-refractivity contribution in [2.24, 2.45) is 5.92 Å². The number of nitrogens with zero attached hydrogens (tertiary/aromatic N) is 4. The van der Waals surface area contributed by atoms with Gasteiger partial charge in [0.15, 0.2) is 0 Å². The second kappa shape index (κ2) is 11.2. The average Bonchev–Trinajstić information content (AvgIpc) is 2.89. The molecule has 2 amide bonds. The van der Waals surface area contributed by atoms with Crippen LogP contribution in [-0.4, -0.2) is 71.8 Å². The Balaban J connectivity index is 1.20. The van der Waals surface area contributed by atoms with Crippen LogP contribution < -0.4 is 11.1 Å². The van der Waals surface area contributed by atoms with Crippen molar-refractivity contribution in [1.82, 2.24) is 14.7 Å². The number of benzene rings is 1. The lowest BCUT2D eigenvalue weighted by atomic mass is 10.0. The third-order valence-corrected chi connectivity index (χ3v) is 7.12. The van der Waals surface area contributed by atoms with Gasteiger partial charge in [0.05, 0.1) is 17.6 Å². The maximum absolute atomic E-state index is 13.1. The first-order valence-corrected chi connectivity index (χ1v) is 12.5. The topological polar surface area (TPSA) is 106 Å². The first-order chi connectivity index (χ1) is 17.6. The molecule has 0 bridgehead atoms. The van der Waals surface area contributed by atoms with Gasteiger partial charge in [0, 0.05) is 62.4 Å². The van der Waals surface area contributed by atoms with E-state index in [0.29, 0.717) is 64.2 Å². The number of allylic oxidation sites excluding steroid dienone is 3. The van der Waals surface area contributed by atoms with Crippen LogP contribution in [0.15, 0.2) is 42.1 Å². The highest BCUT2D eigenvalue weighted by Crippen LogP contribution is 2.35. The number of hydrogen-bond donors (Lipinski definition) is 2. The van der Waals surface area contributed by atoms with E-state index < -0.39 is 11.7 Å². The molecule has 1 unspecified atom stereocenters. The van der Waals surface area contributed by atoms with Gasteiger partial charge in [0.2, 0.25) is 11.8 Å². The number of carbonyl (C=O) groups excluding carboxylic acids is 2. The van der Waals surface area contributed by atoms with E-state index >= 15 is 0 Å². The number of nitriles is 1. The molecule has 2 fully saturated rings. The Bertz CT molecular complexity index is 1110. The lowest BCUT2D eigenvalue weighted by Crippen LogP contribution is -2.50. The van der Waals surface area contributed by atoms with E-state index in [1.807, 2.05) is 12.2 Å². The molecule has 0 saturated carbocycles. The lowest BCUT2D eigenvalue weighted by molar-refractivity contribution is -0.142. The summed E-state index contributed by atoms with van der Waals surface area (Å²) in [5.74, 6) is -0.499. The summed E-state index contributed by atoms with van der Waals surface area (Å²) in [7, 11) is 0. The molecule has 4 rings (SSSR count). The number of likely N-dealkylation sites (tertiary alicyclic amines) is 1. The van der Waals surface area contributed by atoms with Crippen LogP contribution in [-0.2, 0) is 15.8 Å². The quantitative estimate of drug-likeness (QED) is 0.460. The van der Waals surface area contributed by atoms with E-state index in [2.05, 4.69) is 22.4 Å². The number of carbonyl (C=O) groups is 2. The van der Waals surface area contributed by atoms with Crippen molar-refractivity contribution in [3.63, 3.8) is 0 Å². The van der Waals surface area contributed by atoms with Gasteiger partial charge in [-0.2, -0.15) is 18.4 Å². The fraction of sp³-hybridized carbons (Fsp3) is 0.500. The summed E-state index contributed by atoms with van der Waals surface area (Å²) in [5.41, 5.74) is 5.68. The van der Waals surface area contributed by atoms with Crippen molar-refractivity contribution in [3.05, 3.63) is 47.7 Å². The molecule has 1 atom stereocenters. The number of nitrogens with one attached hydrogen (secondary N) is 1. The SMILES string of the molecule is N#CC1C=CC(N2CCN(C(=O)CC(=O)N3CCC(Nc4ccc(N)c(C(F)(F)F)c4)CC3)CC2)=CC1. The zero-order chi connectivity index (χ0) is 26.6. The molecule has 2 aliphatic heterocycles. The van der Waals surface area contributed by atoms with Gasteiger partial charge in [-0.3, -0.25) is 9.59 Å². The third-order valence-electron chi connectivity index (χ3n) is 7.12. The fourth-order valence-electron chi connectivity index (χ4n) is 4.91. The number of piperazine rings is 1. The number of anilines is 2. The summed E-state index contributed by atoms with van der Waals surface area (Å²) in [5, 5.41) is 12.1. The number of hydrogen-bond acceptors (Lipinski definition) is 6. The van der Waals surface area contributed by atoms with Crippen LogP contribution in [0.5, 0.6) is 0 Å². The molecule has 1 aromatic carbocycles. The lowest BCUT2D eigenvalue weighted by Gasteiger charge is -2.38. The Morgan fingerprint density at radius 1 is 1.05 bits per heavy atom. The molecule has 0 radical (unpaired) electrons. The zero-order valence-electron chi connectivity index (χ0n) is 20.5. The molecule has 2 saturated heterocycles. The molecule has 0 spiro atoms. The Labute approximate surface area is 214 Å². The normalized spacial score (nSPS) is 20.9. The summed E-state index contributed by atoms with van der Waals surface area (Å²) in [6.45, 7) is 3.28. The number of rotatable bonds is 5. The van der Waals surface area contributed by atoms with Crippen molar-refractivity contribution < 1.29 is 22.8 Å². The molecular weight excluding hydrogens is 485 g/mol. The molecule has 2 heterocycles. The molecule has 37 heavy (non-hydrogen) atoms. The van der Waals surface area contributed by atoms with Crippen molar-refractivity contribution in [3.8, 4) is 6.07 Å². The number of piperidine rings is 1. The summed E-state index contributed by atoms with van der Waals surface area (Å²) in [6.07, 6.45) is 3.03. The molecule has 0 aromatic heterocycles. The molecule has 11 heteroatoms.